The molecule has 0 aliphatic heterocycles. The molecule has 4 atom stereocenters. The maximum Gasteiger partial charge on any atom is -0.00800 e. The molecule has 1 saturated carbocycles. The van der Waals surface area contributed by atoms with E-state index in [0.29, 0.717) is 10.8 Å². The third-order valence-electron chi connectivity index (χ3n) is 6.21. The van der Waals surface area contributed by atoms with Gasteiger partial charge in [0.2, 0.25) is 0 Å². The van der Waals surface area contributed by atoms with Crippen molar-refractivity contribution in [1.29, 1.82) is 0 Å². The van der Waals surface area contributed by atoms with Crippen LogP contribution in [0.4, 0.5) is 0 Å². The highest BCUT2D eigenvalue weighted by molar-refractivity contribution is 5.25. The molecule has 116 valence electrons. The highest BCUT2D eigenvalue weighted by atomic mass is 14.5. The van der Waals surface area contributed by atoms with Crippen LogP contribution in [0.5, 0.6) is 0 Å². The van der Waals surface area contributed by atoms with Crippen molar-refractivity contribution in [3.8, 4) is 0 Å². The zero-order valence-corrected chi connectivity index (χ0v) is 14.8. The summed E-state index contributed by atoms with van der Waals surface area (Å²) in [7, 11) is 0. The molecule has 0 bridgehead atoms. The van der Waals surface area contributed by atoms with Crippen molar-refractivity contribution in [3.05, 3.63) is 11.6 Å². The summed E-state index contributed by atoms with van der Waals surface area (Å²) >= 11 is 0. The van der Waals surface area contributed by atoms with Gasteiger partial charge in [-0.3, -0.25) is 0 Å². The van der Waals surface area contributed by atoms with E-state index >= 15 is 0 Å². The van der Waals surface area contributed by atoms with Crippen molar-refractivity contribution in [2.75, 3.05) is 0 Å². The van der Waals surface area contributed by atoms with Crippen molar-refractivity contribution < 1.29 is 0 Å². The van der Waals surface area contributed by atoms with E-state index in [4.69, 9.17) is 0 Å². The second-order valence-corrected chi connectivity index (χ2v) is 9.14. The van der Waals surface area contributed by atoms with Gasteiger partial charge >= 0.3 is 0 Å². The van der Waals surface area contributed by atoms with E-state index in [9.17, 15) is 0 Å². The van der Waals surface area contributed by atoms with Crippen LogP contribution in [0.3, 0.4) is 0 Å². The van der Waals surface area contributed by atoms with Gasteiger partial charge in [0.15, 0.2) is 0 Å². The minimum absolute atomic E-state index is 0.496. The van der Waals surface area contributed by atoms with E-state index in [-0.39, 0.29) is 0 Å². The predicted octanol–water partition coefficient (Wildman–Crippen LogP) is 6.61. The molecule has 2 rings (SSSR count). The Hall–Kier alpha value is -0.260. The van der Waals surface area contributed by atoms with Crippen molar-refractivity contribution in [1.82, 2.24) is 0 Å². The molecule has 0 radical (unpaired) electrons. The molecule has 0 saturated heterocycles. The first-order valence-electron chi connectivity index (χ1n) is 8.94. The van der Waals surface area contributed by atoms with Gasteiger partial charge in [0.25, 0.3) is 0 Å². The third kappa shape index (κ3) is 3.31. The molecule has 0 aromatic heterocycles. The van der Waals surface area contributed by atoms with E-state index in [1.54, 1.807) is 0 Å². The van der Waals surface area contributed by atoms with Crippen LogP contribution in [0.1, 0.15) is 86.5 Å². The van der Waals surface area contributed by atoms with Crippen LogP contribution in [0.2, 0.25) is 0 Å². The van der Waals surface area contributed by atoms with E-state index in [1.807, 2.05) is 5.57 Å². The Morgan fingerprint density at radius 2 is 2.05 bits per heavy atom. The summed E-state index contributed by atoms with van der Waals surface area (Å²) in [5.74, 6) is 2.68. The fraction of sp³-hybridized carbons (Fsp3) is 0.900. The van der Waals surface area contributed by atoms with E-state index in [0.717, 1.165) is 17.8 Å². The number of rotatable bonds is 4. The Kier molecular flexibility index (Phi) is 4.72. The molecular weight excluding hydrogens is 240 g/mol. The molecule has 2 aliphatic carbocycles. The minimum atomic E-state index is 0.496. The lowest BCUT2D eigenvalue weighted by Gasteiger charge is -2.44. The van der Waals surface area contributed by atoms with Gasteiger partial charge in [-0.05, 0) is 54.3 Å². The van der Waals surface area contributed by atoms with Crippen LogP contribution in [-0.4, -0.2) is 0 Å². The SMILES string of the molecule is C[C@H](CCCC(C)(C)C)C1=CC[C@H]2[C@@H](C)CCC[C@]12C. The number of hydrogen-bond acceptors (Lipinski definition) is 0. The Morgan fingerprint density at radius 1 is 1.35 bits per heavy atom. The molecule has 0 aromatic rings. The quantitative estimate of drug-likeness (QED) is 0.507. The van der Waals surface area contributed by atoms with Crippen LogP contribution in [0.25, 0.3) is 0 Å². The summed E-state index contributed by atoms with van der Waals surface area (Å²) in [5.41, 5.74) is 2.86. The van der Waals surface area contributed by atoms with E-state index in [2.05, 4.69) is 47.6 Å². The van der Waals surface area contributed by atoms with Crippen LogP contribution in [-0.2, 0) is 0 Å². The molecule has 0 nitrogen and oxygen atoms in total. The maximum atomic E-state index is 2.63. The first-order chi connectivity index (χ1) is 9.24. The Morgan fingerprint density at radius 3 is 2.70 bits per heavy atom. The Labute approximate surface area is 127 Å². The molecule has 1 fully saturated rings. The molecule has 0 heterocycles. The second kappa shape index (κ2) is 5.85. The van der Waals surface area contributed by atoms with Gasteiger partial charge in [-0.25, -0.2) is 0 Å². The van der Waals surface area contributed by atoms with Gasteiger partial charge in [-0.1, -0.05) is 72.5 Å². The van der Waals surface area contributed by atoms with Crippen LogP contribution < -0.4 is 0 Å². The average Bonchev–Trinajstić information content (AvgIpc) is 2.66. The van der Waals surface area contributed by atoms with Crippen LogP contribution in [0.15, 0.2) is 11.6 Å². The largest absolute Gasteiger partial charge is 0.0842 e. The molecule has 0 unspecified atom stereocenters. The van der Waals surface area contributed by atoms with Gasteiger partial charge in [0.05, 0.1) is 0 Å². The molecule has 0 spiro atoms. The standard InChI is InChI=1S/C20H36/c1-15(9-7-13-19(3,4)5)17-11-12-18-16(2)10-8-14-20(17,18)6/h11,15-16,18H,7-10,12-14H2,1-6H3/t15-,16+,18+,20-/m1/s1. The van der Waals surface area contributed by atoms with E-state index < -0.39 is 0 Å². The number of allylic oxidation sites excluding steroid dienone is 2. The predicted molar refractivity (Wildman–Crippen MR) is 89.8 cm³/mol. The highest BCUT2D eigenvalue weighted by Crippen LogP contribution is 2.56. The summed E-state index contributed by atoms with van der Waals surface area (Å²) in [6.45, 7) is 14.7. The molecule has 0 aromatic carbocycles. The van der Waals surface area contributed by atoms with Gasteiger partial charge < -0.3 is 0 Å². The van der Waals surface area contributed by atoms with Gasteiger partial charge in [0.1, 0.15) is 0 Å². The normalized spacial score (nSPS) is 35.6. The summed E-state index contributed by atoms with van der Waals surface area (Å²) in [6.07, 6.45) is 12.5. The third-order valence-corrected chi connectivity index (χ3v) is 6.21. The first-order valence-corrected chi connectivity index (χ1v) is 8.94. The summed E-state index contributed by atoms with van der Waals surface area (Å²) in [6, 6.07) is 0. The summed E-state index contributed by atoms with van der Waals surface area (Å²) < 4.78 is 0. The fourth-order valence-corrected chi connectivity index (χ4v) is 5.00. The minimum Gasteiger partial charge on any atom is -0.0842 e. The zero-order chi connectivity index (χ0) is 15.0. The fourth-order valence-electron chi connectivity index (χ4n) is 5.00. The molecule has 0 amide bonds. The van der Waals surface area contributed by atoms with Crippen molar-refractivity contribution in [2.24, 2.45) is 28.6 Å². The van der Waals surface area contributed by atoms with Gasteiger partial charge in [-0.15, -0.1) is 0 Å². The molecular formula is C20H36. The number of hydrogen-bond donors (Lipinski definition) is 0. The lowest BCUT2D eigenvalue weighted by Crippen LogP contribution is -2.35. The monoisotopic (exact) mass is 276 g/mol. The Balaban J connectivity index is 1.95. The molecule has 20 heavy (non-hydrogen) atoms. The lowest BCUT2D eigenvalue weighted by molar-refractivity contribution is 0.109. The maximum absolute atomic E-state index is 2.63. The van der Waals surface area contributed by atoms with Gasteiger partial charge in [0, 0.05) is 0 Å². The second-order valence-electron chi connectivity index (χ2n) is 9.14. The van der Waals surface area contributed by atoms with Gasteiger partial charge in [-0.2, -0.15) is 0 Å². The topological polar surface area (TPSA) is 0 Å². The molecule has 0 heteroatoms. The lowest BCUT2D eigenvalue weighted by atomic mass is 9.60. The summed E-state index contributed by atoms with van der Waals surface area (Å²) in [5, 5.41) is 0. The molecule has 0 N–H and O–H groups in total. The van der Waals surface area contributed by atoms with E-state index in [1.165, 1.54) is 44.9 Å². The van der Waals surface area contributed by atoms with Crippen LogP contribution in [0, 0.1) is 28.6 Å². The smallest absolute Gasteiger partial charge is 0.00800 e. The Bertz CT molecular complexity index is 357. The van der Waals surface area contributed by atoms with Crippen molar-refractivity contribution in [2.45, 2.75) is 86.5 Å². The van der Waals surface area contributed by atoms with Crippen LogP contribution >= 0.6 is 0 Å². The average molecular weight is 277 g/mol. The molecule has 2 aliphatic rings. The highest BCUT2D eigenvalue weighted by Gasteiger charge is 2.46. The number of fused-ring (bicyclic) bond motifs is 1. The van der Waals surface area contributed by atoms with Crippen molar-refractivity contribution in [3.63, 3.8) is 0 Å². The first kappa shape index (κ1) is 16.1. The zero-order valence-electron chi connectivity index (χ0n) is 14.8. The summed E-state index contributed by atoms with van der Waals surface area (Å²) in [4.78, 5) is 0. The van der Waals surface area contributed by atoms with Crippen molar-refractivity contribution >= 4 is 0 Å².